The molecule has 15 heavy (non-hydrogen) atoms. The van der Waals surface area contributed by atoms with Crippen molar-refractivity contribution < 1.29 is 0 Å². The SMILES string of the molecule is C(=Cc1ccccc1)C[N+]1CCNCC1. The summed E-state index contributed by atoms with van der Waals surface area (Å²) in [5, 5.41) is 3.36. The molecule has 0 bridgehead atoms. The lowest BCUT2D eigenvalue weighted by molar-refractivity contribution is 0.380. The van der Waals surface area contributed by atoms with E-state index >= 15 is 0 Å². The van der Waals surface area contributed by atoms with Gasteiger partial charge in [0.1, 0.15) is 19.6 Å². The highest BCUT2D eigenvalue weighted by Gasteiger charge is 2.15. The van der Waals surface area contributed by atoms with Crippen LogP contribution in [0.1, 0.15) is 5.56 Å². The lowest BCUT2D eigenvalue weighted by Crippen LogP contribution is -2.47. The van der Waals surface area contributed by atoms with Crippen LogP contribution in [-0.4, -0.2) is 32.7 Å². The Morgan fingerprint density at radius 1 is 1.13 bits per heavy atom. The normalized spacial score (nSPS) is 18.4. The van der Waals surface area contributed by atoms with E-state index in [4.69, 9.17) is 0 Å². The zero-order valence-corrected chi connectivity index (χ0v) is 9.02. The summed E-state index contributed by atoms with van der Waals surface area (Å²) in [7, 11) is 0. The second-order valence-corrected chi connectivity index (χ2v) is 3.86. The molecule has 2 nitrogen and oxygen atoms in total. The fraction of sp³-hybridized carbons (Fsp3) is 0.385. The van der Waals surface area contributed by atoms with Crippen molar-refractivity contribution in [3.05, 3.63) is 42.0 Å². The van der Waals surface area contributed by atoms with Gasteiger partial charge >= 0.3 is 0 Å². The third kappa shape index (κ3) is 3.50. The van der Waals surface area contributed by atoms with Crippen molar-refractivity contribution in [1.82, 2.24) is 10.2 Å². The molecule has 1 aliphatic heterocycles. The van der Waals surface area contributed by atoms with E-state index in [-0.39, 0.29) is 0 Å². The third-order valence-corrected chi connectivity index (χ3v) is 2.68. The monoisotopic (exact) mass is 202 g/mol. The smallest absolute Gasteiger partial charge is 0.141 e. The average molecular weight is 202 g/mol. The van der Waals surface area contributed by atoms with Gasteiger partial charge in [0.05, 0.1) is 0 Å². The molecule has 1 aromatic carbocycles. The van der Waals surface area contributed by atoms with Crippen molar-refractivity contribution >= 4 is 6.08 Å². The molecule has 1 aliphatic rings. The second-order valence-electron chi connectivity index (χ2n) is 3.86. The van der Waals surface area contributed by atoms with Crippen molar-refractivity contribution in [1.29, 1.82) is 0 Å². The summed E-state index contributed by atoms with van der Waals surface area (Å²) in [4.78, 5) is 2.47. The van der Waals surface area contributed by atoms with Crippen LogP contribution in [0, 0.1) is 0 Å². The van der Waals surface area contributed by atoms with Crippen molar-refractivity contribution in [3.63, 3.8) is 0 Å². The van der Waals surface area contributed by atoms with Gasteiger partial charge in [0.15, 0.2) is 0 Å². The summed E-state index contributed by atoms with van der Waals surface area (Å²) >= 11 is 0. The minimum absolute atomic E-state index is 1.07. The van der Waals surface area contributed by atoms with Gasteiger partial charge in [-0.3, -0.25) is 0 Å². The molecule has 79 valence electrons. The summed E-state index contributed by atoms with van der Waals surface area (Å²) in [6.07, 6.45) is 4.45. The Balaban J connectivity index is 1.79. The van der Waals surface area contributed by atoms with E-state index in [9.17, 15) is 0 Å². The minimum atomic E-state index is 1.07. The first-order valence-corrected chi connectivity index (χ1v) is 5.60. The van der Waals surface area contributed by atoms with Gasteiger partial charge in [-0.2, -0.15) is 4.90 Å². The number of rotatable bonds is 3. The molecule has 1 aromatic rings. The fourth-order valence-corrected chi connectivity index (χ4v) is 1.80. The van der Waals surface area contributed by atoms with Crippen molar-refractivity contribution in [2.45, 2.75) is 0 Å². The van der Waals surface area contributed by atoms with Crippen LogP contribution in [-0.2, 0) is 0 Å². The van der Waals surface area contributed by atoms with Crippen LogP contribution >= 0.6 is 0 Å². The summed E-state index contributed by atoms with van der Waals surface area (Å²) in [5.74, 6) is 0. The summed E-state index contributed by atoms with van der Waals surface area (Å²) < 4.78 is 0. The molecule has 1 N–H and O–H groups in total. The molecule has 2 rings (SSSR count). The highest BCUT2D eigenvalue weighted by Crippen LogP contribution is 2.00. The summed E-state index contributed by atoms with van der Waals surface area (Å²) in [6.45, 7) is 5.65. The number of piperazine rings is 1. The van der Waals surface area contributed by atoms with Crippen LogP contribution in [0.5, 0.6) is 0 Å². The molecule has 0 unspecified atom stereocenters. The predicted molar refractivity (Wildman–Crippen MR) is 65.1 cm³/mol. The molecule has 0 saturated carbocycles. The van der Waals surface area contributed by atoms with E-state index in [1.165, 1.54) is 18.7 Å². The van der Waals surface area contributed by atoms with E-state index in [1.54, 1.807) is 0 Å². The standard InChI is InChI=1S/C13H18N2/c1-2-5-13(6-3-1)7-4-10-15-11-8-14-9-12-15/h1-7,14H,8-12H2/q+1. The minimum Gasteiger partial charge on any atom is -0.306 e. The summed E-state index contributed by atoms with van der Waals surface area (Å²) in [6, 6.07) is 10.5. The predicted octanol–water partition coefficient (Wildman–Crippen LogP) is 1.44. The molecule has 2 heteroatoms. The third-order valence-electron chi connectivity index (χ3n) is 2.68. The topological polar surface area (TPSA) is 17.9 Å². The van der Waals surface area contributed by atoms with E-state index in [2.05, 4.69) is 46.6 Å². The van der Waals surface area contributed by atoms with Crippen LogP contribution in [0.25, 0.3) is 6.08 Å². The quantitative estimate of drug-likeness (QED) is 0.734. The highest BCUT2D eigenvalue weighted by molar-refractivity contribution is 5.48. The molecule has 0 aliphatic carbocycles. The maximum atomic E-state index is 3.36. The van der Waals surface area contributed by atoms with Crippen LogP contribution in [0.15, 0.2) is 36.4 Å². The van der Waals surface area contributed by atoms with Gasteiger partial charge in [-0.15, -0.1) is 0 Å². The van der Waals surface area contributed by atoms with E-state index < -0.39 is 0 Å². The van der Waals surface area contributed by atoms with E-state index in [1.807, 2.05) is 6.07 Å². The maximum Gasteiger partial charge on any atom is 0.141 e. The van der Waals surface area contributed by atoms with Crippen LogP contribution < -0.4 is 10.2 Å². The molecule has 0 aromatic heterocycles. The Labute approximate surface area is 91.6 Å². The van der Waals surface area contributed by atoms with Crippen LogP contribution in [0.4, 0.5) is 0 Å². The molecule has 1 fully saturated rings. The molecular weight excluding hydrogens is 184 g/mol. The van der Waals surface area contributed by atoms with E-state index in [0.717, 1.165) is 19.6 Å². The Morgan fingerprint density at radius 3 is 2.60 bits per heavy atom. The molecule has 0 amide bonds. The Hall–Kier alpha value is -1.12. The zero-order valence-electron chi connectivity index (χ0n) is 9.02. The lowest BCUT2D eigenvalue weighted by Gasteiger charge is -2.16. The van der Waals surface area contributed by atoms with Crippen molar-refractivity contribution in [2.75, 3.05) is 32.7 Å². The van der Waals surface area contributed by atoms with Gasteiger partial charge in [0.25, 0.3) is 0 Å². The first-order chi connectivity index (χ1) is 7.45. The van der Waals surface area contributed by atoms with Gasteiger partial charge in [-0.1, -0.05) is 36.4 Å². The van der Waals surface area contributed by atoms with Crippen molar-refractivity contribution in [2.24, 2.45) is 0 Å². The lowest BCUT2D eigenvalue weighted by atomic mass is 10.2. The van der Waals surface area contributed by atoms with Gasteiger partial charge in [0, 0.05) is 13.1 Å². The number of hydrogen-bond donors (Lipinski definition) is 1. The number of hydrogen-bond acceptors (Lipinski definition) is 2. The fourth-order valence-electron chi connectivity index (χ4n) is 1.80. The number of nitrogens with zero attached hydrogens (tertiary/aromatic N) is 1. The number of benzene rings is 1. The zero-order chi connectivity index (χ0) is 10.3. The van der Waals surface area contributed by atoms with Crippen LogP contribution in [0.3, 0.4) is 0 Å². The first-order valence-electron chi connectivity index (χ1n) is 5.60. The molecule has 1 heterocycles. The molecular formula is C13H18N2+. The molecule has 1 saturated heterocycles. The maximum absolute atomic E-state index is 3.36. The van der Waals surface area contributed by atoms with Gasteiger partial charge < -0.3 is 5.32 Å². The van der Waals surface area contributed by atoms with Gasteiger partial charge in [0.2, 0.25) is 0 Å². The Morgan fingerprint density at radius 2 is 1.87 bits per heavy atom. The molecule has 0 atom stereocenters. The average Bonchev–Trinajstić information content (AvgIpc) is 2.32. The van der Waals surface area contributed by atoms with Crippen LogP contribution in [0.2, 0.25) is 0 Å². The summed E-state index contributed by atoms with van der Waals surface area (Å²) in [5.41, 5.74) is 1.28. The Kier molecular flexibility index (Phi) is 3.94. The highest BCUT2D eigenvalue weighted by atomic mass is 15.2. The largest absolute Gasteiger partial charge is 0.306 e. The molecule has 0 spiro atoms. The second kappa shape index (κ2) is 5.69. The van der Waals surface area contributed by atoms with Gasteiger partial charge in [-0.05, 0) is 11.6 Å². The first kappa shape index (κ1) is 10.4. The number of nitrogens with one attached hydrogen (secondary N) is 1. The van der Waals surface area contributed by atoms with Crippen molar-refractivity contribution in [3.8, 4) is 0 Å². The molecule has 1 radical (unpaired) electrons. The Bertz CT molecular complexity index is 300. The van der Waals surface area contributed by atoms with E-state index in [0.29, 0.717) is 0 Å². The van der Waals surface area contributed by atoms with Gasteiger partial charge in [-0.25, -0.2) is 0 Å².